The molecular weight excluding hydrogens is 454 g/mol. The maximum absolute atomic E-state index is 13.3. The van der Waals surface area contributed by atoms with Gasteiger partial charge in [-0.2, -0.15) is 0 Å². The van der Waals surface area contributed by atoms with Crippen molar-refractivity contribution in [1.82, 2.24) is 0 Å². The summed E-state index contributed by atoms with van der Waals surface area (Å²) in [6.07, 6.45) is 20.7. The Balaban J connectivity index is 1.89. The minimum atomic E-state index is -1.19. The third kappa shape index (κ3) is 9.70. The molecule has 1 saturated heterocycles. The molecule has 0 radical (unpaired) electrons. The molecule has 6 heteroatoms. The fourth-order valence-electron chi connectivity index (χ4n) is 5.84. The van der Waals surface area contributed by atoms with E-state index >= 15 is 0 Å². The molecule has 2 rings (SSSR count). The molecule has 1 unspecified atom stereocenters. The highest BCUT2D eigenvalue weighted by Gasteiger charge is 2.48. The number of unbranched alkanes of at least 4 members (excludes halogenated alkanes) is 11. The normalized spacial score (nSPS) is 21.9. The lowest BCUT2D eigenvalue weighted by molar-refractivity contribution is -0.191. The number of hydrogen-bond acceptors (Lipinski definition) is 5. The van der Waals surface area contributed by atoms with E-state index in [9.17, 15) is 14.4 Å². The van der Waals surface area contributed by atoms with Crippen LogP contribution in [0.1, 0.15) is 149 Å². The molecular formula is C30H53NO5. The van der Waals surface area contributed by atoms with E-state index in [1.807, 2.05) is 0 Å². The maximum atomic E-state index is 13.3. The van der Waals surface area contributed by atoms with E-state index in [4.69, 9.17) is 15.2 Å². The summed E-state index contributed by atoms with van der Waals surface area (Å²) in [7, 11) is 0. The van der Waals surface area contributed by atoms with Crippen molar-refractivity contribution in [2.75, 3.05) is 0 Å². The highest BCUT2D eigenvalue weighted by molar-refractivity contribution is 6.02. The SMILES string of the molecule is CCCCCCCCCCCC(C[C@@H]1OC(=O)[C@H]1CCCCCC)OC(=O)C1(C(N)=O)CCCCC1. The number of hydrogen-bond donors (Lipinski definition) is 1. The van der Waals surface area contributed by atoms with Gasteiger partial charge in [0.25, 0.3) is 0 Å². The smallest absolute Gasteiger partial charge is 0.321 e. The van der Waals surface area contributed by atoms with Gasteiger partial charge in [-0.05, 0) is 32.1 Å². The number of cyclic esters (lactones) is 1. The first kappa shape index (κ1) is 30.6. The molecule has 0 spiro atoms. The van der Waals surface area contributed by atoms with Crippen LogP contribution in [0.5, 0.6) is 0 Å². The first-order chi connectivity index (χ1) is 17.4. The minimum Gasteiger partial charge on any atom is -0.461 e. The van der Waals surface area contributed by atoms with Crippen LogP contribution in [0.4, 0.5) is 0 Å². The molecule has 2 N–H and O–H groups in total. The van der Waals surface area contributed by atoms with Crippen molar-refractivity contribution in [3.8, 4) is 0 Å². The Morgan fingerprint density at radius 2 is 1.44 bits per heavy atom. The molecule has 1 aliphatic carbocycles. The van der Waals surface area contributed by atoms with Gasteiger partial charge in [0.2, 0.25) is 5.91 Å². The molecule has 2 fully saturated rings. The van der Waals surface area contributed by atoms with Crippen molar-refractivity contribution >= 4 is 17.8 Å². The third-order valence-electron chi connectivity index (χ3n) is 8.36. The molecule has 1 amide bonds. The van der Waals surface area contributed by atoms with Gasteiger partial charge in [-0.3, -0.25) is 14.4 Å². The number of rotatable bonds is 20. The number of nitrogens with two attached hydrogens (primary N) is 1. The van der Waals surface area contributed by atoms with Gasteiger partial charge in [-0.25, -0.2) is 0 Å². The molecule has 36 heavy (non-hydrogen) atoms. The van der Waals surface area contributed by atoms with Gasteiger partial charge in [0.15, 0.2) is 0 Å². The number of esters is 2. The molecule has 208 valence electrons. The largest absolute Gasteiger partial charge is 0.461 e. The van der Waals surface area contributed by atoms with Crippen LogP contribution in [0.25, 0.3) is 0 Å². The Kier molecular flexibility index (Phi) is 14.5. The standard InChI is InChI=1S/C30H53NO5/c1-3-5-7-9-10-11-12-13-15-19-24(23-26-25(27(32)36-26)20-16-8-6-4-2)35-29(34)30(28(31)33)21-17-14-18-22-30/h24-26H,3-23H2,1-2H3,(H2,31,33)/t24?,25-,26-/m0/s1. The van der Waals surface area contributed by atoms with Gasteiger partial charge in [0.1, 0.15) is 17.6 Å². The molecule has 0 bridgehead atoms. The van der Waals surface area contributed by atoms with E-state index in [2.05, 4.69) is 13.8 Å². The highest BCUT2D eigenvalue weighted by atomic mass is 16.6. The Bertz CT molecular complexity index is 658. The summed E-state index contributed by atoms with van der Waals surface area (Å²) in [5, 5.41) is 0. The summed E-state index contributed by atoms with van der Waals surface area (Å²) in [5.74, 6) is -1.23. The second-order valence-corrected chi connectivity index (χ2v) is 11.3. The van der Waals surface area contributed by atoms with E-state index in [0.717, 1.165) is 64.2 Å². The van der Waals surface area contributed by atoms with E-state index in [-0.39, 0.29) is 24.1 Å². The van der Waals surface area contributed by atoms with Crippen molar-refractivity contribution in [3.05, 3.63) is 0 Å². The molecule has 0 aromatic rings. The van der Waals surface area contributed by atoms with Gasteiger partial charge in [-0.1, -0.05) is 110 Å². The summed E-state index contributed by atoms with van der Waals surface area (Å²) < 4.78 is 11.5. The van der Waals surface area contributed by atoms with Crippen LogP contribution in [-0.2, 0) is 23.9 Å². The van der Waals surface area contributed by atoms with Gasteiger partial charge in [-0.15, -0.1) is 0 Å². The quantitative estimate of drug-likeness (QED) is 0.107. The summed E-state index contributed by atoms with van der Waals surface area (Å²) in [4.78, 5) is 37.7. The average molecular weight is 508 g/mol. The van der Waals surface area contributed by atoms with Crippen LogP contribution >= 0.6 is 0 Å². The second kappa shape index (κ2) is 17.0. The number of primary amides is 1. The molecule has 1 aliphatic heterocycles. The summed E-state index contributed by atoms with van der Waals surface area (Å²) in [5.41, 5.74) is 4.54. The van der Waals surface area contributed by atoms with E-state index in [0.29, 0.717) is 19.3 Å². The van der Waals surface area contributed by atoms with Crippen molar-refractivity contribution in [3.63, 3.8) is 0 Å². The van der Waals surface area contributed by atoms with Gasteiger partial charge in [0.05, 0.1) is 5.92 Å². The number of ether oxygens (including phenoxy) is 2. The lowest BCUT2D eigenvalue weighted by Gasteiger charge is -2.38. The molecule has 1 heterocycles. The first-order valence-electron chi connectivity index (χ1n) is 15.2. The van der Waals surface area contributed by atoms with E-state index < -0.39 is 17.3 Å². The third-order valence-corrected chi connectivity index (χ3v) is 8.36. The average Bonchev–Trinajstić information content (AvgIpc) is 2.87. The van der Waals surface area contributed by atoms with Gasteiger partial charge < -0.3 is 15.2 Å². The number of carbonyl (C=O) groups is 3. The fraction of sp³-hybridized carbons (Fsp3) is 0.900. The lowest BCUT2D eigenvalue weighted by atomic mass is 9.73. The van der Waals surface area contributed by atoms with Crippen LogP contribution in [0.15, 0.2) is 0 Å². The zero-order chi connectivity index (χ0) is 26.2. The Morgan fingerprint density at radius 3 is 2.00 bits per heavy atom. The van der Waals surface area contributed by atoms with Crippen LogP contribution in [-0.4, -0.2) is 30.1 Å². The number of amides is 1. The molecule has 2 aliphatic rings. The Labute approximate surface area is 219 Å². The molecule has 0 aromatic heterocycles. The molecule has 6 nitrogen and oxygen atoms in total. The monoisotopic (exact) mass is 507 g/mol. The Hall–Kier alpha value is -1.59. The minimum absolute atomic E-state index is 0.0917. The molecule has 3 atom stereocenters. The predicted octanol–water partition coefficient (Wildman–Crippen LogP) is 7.16. The second-order valence-electron chi connectivity index (χ2n) is 11.3. The molecule has 0 aromatic carbocycles. The van der Waals surface area contributed by atoms with Crippen LogP contribution in [0, 0.1) is 11.3 Å². The first-order valence-corrected chi connectivity index (χ1v) is 15.2. The van der Waals surface area contributed by atoms with Crippen molar-refractivity contribution in [1.29, 1.82) is 0 Å². The zero-order valence-corrected chi connectivity index (χ0v) is 23.2. The van der Waals surface area contributed by atoms with Crippen molar-refractivity contribution in [2.45, 2.75) is 161 Å². The van der Waals surface area contributed by atoms with Crippen LogP contribution in [0.3, 0.4) is 0 Å². The van der Waals surface area contributed by atoms with Gasteiger partial charge >= 0.3 is 11.9 Å². The molecule has 1 saturated carbocycles. The van der Waals surface area contributed by atoms with E-state index in [1.54, 1.807) is 0 Å². The summed E-state index contributed by atoms with van der Waals surface area (Å²) in [6, 6.07) is 0. The van der Waals surface area contributed by atoms with E-state index in [1.165, 1.54) is 51.4 Å². The summed E-state index contributed by atoms with van der Waals surface area (Å²) >= 11 is 0. The van der Waals surface area contributed by atoms with Crippen LogP contribution < -0.4 is 5.73 Å². The highest BCUT2D eigenvalue weighted by Crippen LogP contribution is 2.39. The van der Waals surface area contributed by atoms with Crippen LogP contribution in [0.2, 0.25) is 0 Å². The zero-order valence-electron chi connectivity index (χ0n) is 23.2. The predicted molar refractivity (Wildman–Crippen MR) is 143 cm³/mol. The summed E-state index contributed by atoms with van der Waals surface area (Å²) in [6.45, 7) is 4.42. The van der Waals surface area contributed by atoms with Crippen molar-refractivity contribution < 1.29 is 23.9 Å². The Morgan fingerprint density at radius 1 is 0.889 bits per heavy atom. The fourth-order valence-corrected chi connectivity index (χ4v) is 5.84. The lowest BCUT2D eigenvalue weighted by Crippen LogP contribution is -2.49. The number of carbonyl (C=O) groups excluding carboxylic acids is 3. The topological polar surface area (TPSA) is 95.7 Å². The maximum Gasteiger partial charge on any atom is 0.321 e. The van der Waals surface area contributed by atoms with Gasteiger partial charge in [0, 0.05) is 6.42 Å². The van der Waals surface area contributed by atoms with Crippen molar-refractivity contribution in [2.24, 2.45) is 17.1 Å².